The van der Waals surface area contributed by atoms with Gasteiger partial charge in [-0.15, -0.1) is 0 Å². The maximum absolute atomic E-state index is 12.2. The van der Waals surface area contributed by atoms with Gasteiger partial charge in [0.15, 0.2) is 6.61 Å². The summed E-state index contributed by atoms with van der Waals surface area (Å²) in [5.41, 5.74) is 1.38. The van der Waals surface area contributed by atoms with E-state index in [-0.39, 0.29) is 18.6 Å². The number of ether oxygens (including phenoxy) is 2. The summed E-state index contributed by atoms with van der Waals surface area (Å²) < 4.78 is 10.1. The van der Waals surface area contributed by atoms with E-state index in [4.69, 9.17) is 9.47 Å². The van der Waals surface area contributed by atoms with E-state index in [2.05, 4.69) is 5.32 Å². The first kappa shape index (κ1) is 20.1. The second-order valence-corrected chi connectivity index (χ2v) is 6.29. The third-order valence-corrected chi connectivity index (χ3v) is 4.28. The molecule has 1 amide bonds. The molecule has 0 heterocycles. The fraction of sp³-hybridized carbons (Fsp3) is 0.174. The Morgan fingerprint density at radius 1 is 0.862 bits per heavy atom. The average molecular weight is 391 g/mol. The molecule has 0 spiro atoms. The number of hydrogen-bond donors (Lipinski definition) is 1. The van der Waals surface area contributed by atoms with Crippen molar-refractivity contribution in [2.45, 2.75) is 13.3 Å². The zero-order chi connectivity index (χ0) is 20.6. The van der Waals surface area contributed by atoms with Crippen molar-refractivity contribution >= 4 is 34.3 Å². The molecule has 0 fully saturated rings. The molecule has 0 aliphatic carbocycles. The maximum Gasteiger partial charge on any atom is 0.340 e. The van der Waals surface area contributed by atoms with E-state index in [0.717, 1.165) is 16.3 Å². The molecule has 6 heteroatoms. The molecule has 3 aromatic rings. The lowest BCUT2D eigenvalue weighted by Crippen LogP contribution is -2.23. The maximum atomic E-state index is 12.2. The van der Waals surface area contributed by atoms with E-state index < -0.39 is 24.5 Å². The van der Waals surface area contributed by atoms with Gasteiger partial charge in [0.05, 0.1) is 24.3 Å². The predicted octanol–water partition coefficient (Wildman–Crippen LogP) is 3.74. The van der Waals surface area contributed by atoms with Crippen molar-refractivity contribution in [3.05, 3.63) is 77.9 Å². The van der Waals surface area contributed by atoms with Crippen LogP contribution in [0.4, 0.5) is 5.69 Å². The third-order valence-electron chi connectivity index (χ3n) is 4.28. The van der Waals surface area contributed by atoms with Crippen LogP contribution in [0.5, 0.6) is 0 Å². The highest BCUT2D eigenvalue weighted by molar-refractivity contribution is 6.02. The predicted molar refractivity (Wildman–Crippen MR) is 110 cm³/mol. The summed E-state index contributed by atoms with van der Waals surface area (Å²) in [6.45, 7) is 1.49. The summed E-state index contributed by atoms with van der Waals surface area (Å²) in [6, 6.07) is 20.0. The summed E-state index contributed by atoms with van der Waals surface area (Å²) in [7, 11) is 0. The van der Waals surface area contributed by atoms with E-state index >= 15 is 0 Å². The Kier molecular flexibility index (Phi) is 6.58. The summed E-state index contributed by atoms with van der Waals surface area (Å²) in [5, 5.41) is 4.59. The number of para-hydroxylation sites is 1. The molecule has 3 rings (SSSR count). The topological polar surface area (TPSA) is 81.7 Å². The first-order chi connectivity index (χ1) is 14.1. The van der Waals surface area contributed by atoms with Crippen molar-refractivity contribution in [3.8, 4) is 0 Å². The van der Waals surface area contributed by atoms with Crippen LogP contribution < -0.4 is 5.32 Å². The molecule has 29 heavy (non-hydrogen) atoms. The van der Waals surface area contributed by atoms with Crippen LogP contribution in [-0.4, -0.2) is 31.1 Å². The molecule has 6 nitrogen and oxygen atoms in total. The summed E-state index contributed by atoms with van der Waals surface area (Å²) in [4.78, 5) is 36.3. The standard InChI is InChI=1S/C23H21NO5/c1-2-28-23(27)19-12-5-6-13-20(19)24-21(25)15-29-22(26)14-17-10-7-9-16-8-3-4-11-18(16)17/h3-13H,2,14-15H2,1H3,(H,24,25). The Morgan fingerprint density at radius 3 is 2.41 bits per heavy atom. The Bertz CT molecular complexity index is 1040. The van der Waals surface area contributed by atoms with E-state index in [1.807, 2.05) is 42.5 Å². The van der Waals surface area contributed by atoms with Crippen LogP contribution in [0, 0.1) is 0 Å². The molecule has 0 saturated heterocycles. The molecule has 1 N–H and O–H groups in total. The van der Waals surface area contributed by atoms with Crippen LogP contribution in [-0.2, 0) is 25.5 Å². The molecule has 0 unspecified atom stereocenters. The van der Waals surface area contributed by atoms with Gasteiger partial charge in [-0.3, -0.25) is 9.59 Å². The quantitative estimate of drug-likeness (QED) is 0.621. The number of anilines is 1. The van der Waals surface area contributed by atoms with Crippen molar-refractivity contribution in [1.82, 2.24) is 0 Å². The molecule has 148 valence electrons. The summed E-state index contributed by atoms with van der Waals surface area (Å²) >= 11 is 0. The number of amides is 1. The first-order valence-electron chi connectivity index (χ1n) is 9.26. The van der Waals surface area contributed by atoms with Gasteiger partial charge in [0.2, 0.25) is 0 Å². The van der Waals surface area contributed by atoms with Crippen LogP contribution in [0.15, 0.2) is 66.7 Å². The van der Waals surface area contributed by atoms with E-state index in [1.54, 1.807) is 31.2 Å². The van der Waals surface area contributed by atoms with Gasteiger partial charge >= 0.3 is 11.9 Å². The number of esters is 2. The Hall–Kier alpha value is -3.67. The van der Waals surface area contributed by atoms with Gasteiger partial charge in [-0.1, -0.05) is 54.6 Å². The number of hydrogen-bond acceptors (Lipinski definition) is 5. The summed E-state index contributed by atoms with van der Waals surface area (Å²) in [5.74, 6) is -1.57. The number of fused-ring (bicyclic) bond motifs is 1. The highest BCUT2D eigenvalue weighted by Gasteiger charge is 2.15. The fourth-order valence-corrected chi connectivity index (χ4v) is 2.96. The van der Waals surface area contributed by atoms with Gasteiger partial charge in [-0.25, -0.2) is 4.79 Å². The second-order valence-electron chi connectivity index (χ2n) is 6.29. The molecule has 0 saturated carbocycles. The molecule has 0 aliphatic rings. The van der Waals surface area contributed by atoms with E-state index in [9.17, 15) is 14.4 Å². The molecule has 0 bridgehead atoms. The normalized spacial score (nSPS) is 10.4. The van der Waals surface area contributed by atoms with Gasteiger partial charge < -0.3 is 14.8 Å². The molecular weight excluding hydrogens is 370 g/mol. The van der Waals surface area contributed by atoms with Crippen molar-refractivity contribution in [3.63, 3.8) is 0 Å². The molecule has 0 aromatic heterocycles. The lowest BCUT2D eigenvalue weighted by atomic mass is 10.0. The lowest BCUT2D eigenvalue weighted by Gasteiger charge is -2.11. The number of rotatable bonds is 7. The van der Waals surface area contributed by atoms with Crippen molar-refractivity contribution in [1.29, 1.82) is 0 Å². The van der Waals surface area contributed by atoms with E-state index in [1.165, 1.54) is 0 Å². The van der Waals surface area contributed by atoms with Gasteiger partial charge in [0.25, 0.3) is 5.91 Å². The molecule has 0 radical (unpaired) electrons. The van der Waals surface area contributed by atoms with Crippen molar-refractivity contribution in [2.75, 3.05) is 18.5 Å². The number of carbonyl (C=O) groups is 3. The van der Waals surface area contributed by atoms with Gasteiger partial charge in [-0.2, -0.15) is 0 Å². The van der Waals surface area contributed by atoms with Crippen molar-refractivity contribution in [2.24, 2.45) is 0 Å². The minimum Gasteiger partial charge on any atom is -0.462 e. The largest absolute Gasteiger partial charge is 0.462 e. The van der Waals surface area contributed by atoms with Crippen LogP contribution in [0.3, 0.4) is 0 Å². The van der Waals surface area contributed by atoms with Gasteiger partial charge in [0, 0.05) is 0 Å². The number of carbonyl (C=O) groups excluding carboxylic acids is 3. The third kappa shape index (κ3) is 5.19. The molecule has 0 atom stereocenters. The average Bonchev–Trinajstić information content (AvgIpc) is 2.73. The monoisotopic (exact) mass is 391 g/mol. The van der Waals surface area contributed by atoms with Crippen LogP contribution in [0.1, 0.15) is 22.8 Å². The molecule has 0 aliphatic heterocycles. The summed E-state index contributed by atoms with van der Waals surface area (Å²) in [6.07, 6.45) is 0.0635. The smallest absolute Gasteiger partial charge is 0.340 e. The van der Waals surface area contributed by atoms with Crippen LogP contribution in [0.2, 0.25) is 0 Å². The SMILES string of the molecule is CCOC(=O)c1ccccc1NC(=O)COC(=O)Cc1cccc2ccccc12. The zero-order valence-corrected chi connectivity index (χ0v) is 16.0. The van der Waals surface area contributed by atoms with E-state index in [0.29, 0.717) is 5.69 Å². The highest BCUT2D eigenvalue weighted by atomic mass is 16.5. The van der Waals surface area contributed by atoms with Gasteiger partial charge in [0.1, 0.15) is 0 Å². The minimum atomic E-state index is -0.534. The fourth-order valence-electron chi connectivity index (χ4n) is 2.96. The van der Waals surface area contributed by atoms with Crippen LogP contribution in [0.25, 0.3) is 10.8 Å². The second kappa shape index (κ2) is 9.50. The Morgan fingerprint density at radius 2 is 1.59 bits per heavy atom. The zero-order valence-electron chi connectivity index (χ0n) is 16.0. The van der Waals surface area contributed by atoms with Crippen LogP contribution >= 0.6 is 0 Å². The Balaban J connectivity index is 1.58. The van der Waals surface area contributed by atoms with Crippen molar-refractivity contribution < 1.29 is 23.9 Å². The lowest BCUT2D eigenvalue weighted by molar-refractivity contribution is -0.146. The Labute approximate surface area is 168 Å². The van der Waals surface area contributed by atoms with Gasteiger partial charge in [-0.05, 0) is 35.4 Å². The molecule has 3 aromatic carbocycles. The minimum absolute atomic E-state index is 0.0635. The number of benzene rings is 3. The highest BCUT2D eigenvalue weighted by Crippen LogP contribution is 2.19. The number of nitrogens with one attached hydrogen (secondary N) is 1. The molecular formula is C23H21NO5. The first-order valence-corrected chi connectivity index (χ1v) is 9.26.